The number of halogens is 3. The minimum atomic E-state index is -4.36. The van der Waals surface area contributed by atoms with Gasteiger partial charge in [0.1, 0.15) is 6.54 Å². The highest BCUT2D eigenvalue weighted by atomic mass is 19.4. The summed E-state index contributed by atoms with van der Waals surface area (Å²) in [6, 6.07) is 0. The monoisotopic (exact) mass is 238 g/mol. The van der Waals surface area contributed by atoms with E-state index in [1.54, 1.807) is 11.8 Å². The summed E-state index contributed by atoms with van der Waals surface area (Å²) < 4.78 is 35.4. The second-order valence-corrected chi connectivity index (χ2v) is 3.65. The van der Waals surface area contributed by atoms with Gasteiger partial charge in [-0.15, -0.1) is 0 Å². The lowest BCUT2D eigenvalue weighted by molar-refractivity contribution is -0.139. The molecule has 0 saturated carbocycles. The highest BCUT2D eigenvalue weighted by Gasteiger charge is 2.27. The van der Waals surface area contributed by atoms with Crippen LogP contribution in [-0.4, -0.2) is 43.2 Å². The number of hydrogen-bond acceptors (Lipinski definition) is 2. The Hall–Kier alpha value is -1.04. The molecule has 0 aliphatic heterocycles. The molecule has 3 nitrogen and oxygen atoms in total. The van der Waals surface area contributed by atoms with Crippen molar-refractivity contribution in [1.82, 2.24) is 10.2 Å². The summed E-state index contributed by atoms with van der Waals surface area (Å²) in [5.74, 6) is -0.625. The predicted molar refractivity (Wildman–Crippen MR) is 56.0 cm³/mol. The lowest BCUT2D eigenvalue weighted by Gasteiger charge is -2.19. The quantitative estimate of drug-likeness (QED) is 0.712. The van der Waals surface area contributed by atoms with Gasteiger partial charge >= 0.3 is 6.18 Å². The van der Waals surface area contributed by atoms with Crippen molar-refractivity contribution in [3.63, 3.8) is 0 Å². The maximum atomic E-state index is 11.8. The fourth-order valence-electron chi connectivity index (χ4n) is 1.12. The molecule has 0 heterocycles. The van der Waals surface area contributed by atoms with E-state index < -0.39 is 18.6 Å². The van der Waals surface area contributed by atoms with Crippen LogP contribution in [0.1, 0.15) is 13.8 Å². The zero-order chi connectivity index (χ0) is 12.8. The smallest absolute Gasteiger partial charge is 0.346 e. The minimum Gasteiger partial charge on any atom is -0.346 e. The lowest BCUT2D eigenvalue weighted by atomic mass is 10.3. The minimum absolute atomic E-state index is 0.0422. The van der Waals surface area contributed by atoms with E-state index in [0.717, 1.165) is 5.57 Å². The number of hydrogen-bond donors (Lipinski definition) is 1. The molecule has 0 fully saturated rings. The average Bonchev–Trinajstić information content (AvgIpc) is 2.12. The molecule has 0 spiro atoms. The van der Waals surface area contributed by atoms with Gasteiger partial charge in [0, 0.05) is 6.54 Å². The normalized spacial score (nSPS) is 11.6. The predicted octanol–water partition coefficient (Wildman–Crippen LogP) is 1.56. The van der Waals surface area contributed by atoms with E-state index >= 15 is 0 Å². The summed E-state index contributed by atoms with van der Waals surface area (Å²) in [5, 5.41) is 1.83. The highest BCUT2D eigenvalue weighted by molar-refractivity contribution is 5.78. The number of alkyl halides is 3. The van der Waals surface area contributed by atoms with Gasteiger partial charge in [-0.05, 0) is 13.5 Å². The number of rotatable bonds is 6. The zero-order valence-corrected chi connectivity index (χ0v) is 9.52. The molecule has 0 saturated heterocycles. The number of nitrogens with zero attached hydrogens (tertiary/aromatic N) is 1. The van der Waals surface area contributed by atoms with Gasteiger partial charge in [-0.3, -0.25) is 9.69 Å². The molecule has 0 aromatic heterocycles. The van der Waals surface area contributed by atoms with E-state index in [1.807, 2.05) is 12.2 Å². The Kier molecular flexibility index (Phi) is 6.10. The van der Waals surface area contributed by atoms with Crippen LogP contribution in [0.4, 0.5) is 13.2 Å². The Morgan fingerprint density at radius 2 is 1.94 bits per heavy atom. The fourth-order valence-corrected chi connectivity index (χ4v) is 1.12. The SMILES string of the molecule is C=C(C)CN(CC)CC(=O)NCC(F)(F)F. The van der Waals surface area contributed by atoms with E-state index in [2.05, 4.69) is 6.58 Å². The largest absolute Gasteiger partial charge is 0.405 e. The van der Waals surface area contributed by atoms with Crippen LogP contribution in [0, 0.1) is 0 Å². The second-order valence-electron chi connectivity index (χ2n) is 3.65. The first-order chi connectivity index (χ1) is 7.24. The van der Waals surface area contributed by atoms with Gasteiger partial charge in [0.25, 0.3) is 0 Å². The number of carbonyl (C=O) groups is 1. The van der Waals surface area contributed by atoms with Crippen molar-refractivity contribution in [2.24, 2.45) is 0 Å². The molecule has 0 aliphatic rings. The summed E-state index contributed by atoms with van der Waals surface area (Å²) in [4.78, 5) is 12.9. The van der Waals surface area contributed by atoms with Crippen LogP contribution in [0.2, 0.25) is 0 Å². The molecule has 0 atom stereocenters. The molecule has 1 amide bonds. The number of nitrogens with one attached hydrogen (secondary N) is 1. The first-order valence-corrected chi connectivity index (χ1v) is 4.94. The van der Waals surface area contributed by atoms with Crippen molar-refractivity contribution in [3.05, 3.63) is 12.2 Å². The van der Waals surface area contributed by atoms with Crippen molar-refractivity contribution in [2.45, 2.75) is 20.0 Å². The van der Waals surface area contributed by atoms with Gasteiger partial charge in [0.05, 0.1) is 6.54 Å². The van der Waals surface area contributed by atoms with E-state index in [1.165, 1.54) is 0 Å². The van der Waals surface area contributed by atoms with E-state index in [4.69, 9.17) is 0 Å². The molecule has 0 aromatic carbocycles. The molecule has 0 unspecified atom stereocenters. The third kappa shape index (κ3) is 8.28. The summed E-state index contributed by atoms with van der Waals surface area (Å²) >= 11 is 0. The third-order valence-electron chi connectivity index (χ3n) is 1.79. The van der Waals surface area contributed by atoms with E-state index in [9.17, 15) is 18.0 Å². The van der Waals surface area contributed by atoms with Gasteiger partial charge in [-0.2, -0.15) is 13.2 Å². The van der Waals surface area contributed by atoms with Gasteiger partial charge in [0.15, 0.2) is 0 Å². The number of likely N-dealkylation sites (N-methyl/N-ethyl adjacent to an activating group) is 1. The van der Waals surface area contributed by atoms with Crippen LogP contribution in [0.5, 0.6) is 0 Å². The Balaban J connectivity index is 3.97. The van der Waals surface area contributed by atoms with Gasteiger partial charge in [-0.1, -0.05) is 19.1 Å². The molecular formula is C10H17F3N2O. The Morgan fingerprint density at radius 3 is 2.31 bits per heavy atom. The topological polar surface area (TPSA) is 32.3 Å². The molecule has 0 rings (SSSR count). The van der Waals surface area contributed by atoms with Gasteiger partial charge in [0.2, 0.25) is 5.91 Å². The lowest BCUT2D eigenvalue weighted by Crippen LogP contribution is -2.41. The van der Waals surface area contributed by atoms with Crippen LogP contribution >= 0.6 is 0 Å². The van der Waals surface area contributed by atoms with E-state index in [0.29, 0.717) is 13.1 Å². The summed E-state index contributed by atoms with van der Waals surface area (Å²) in [6.07, 6.45) is -4.36. The molecule has 1 N–H and O–H groups in total. The first kappa shape index (κ1) is 15.0. The molecule has 0 aliphatic carbocycles. The second kappa shape index (κ2) is 6.52. The van der Waals surface area contributed by atoms with Gasteiger partial charge in [-0.25, -0.2) is 0 Å². The molecule has 0 bridgehead atoms. The van der Waals surface area contributed by atoms with Gasteiger partial charge < -0.3 is 5.32 Å². The molecular weight excluding hydrogens is 221 g/mol. The van der Waals surface area contributed by atoms with E-state index in [-0.39, 0.29) is 6.54 Å². The summed E-state index contributed by atoms with van der Waals surface area (Å²) in [6.45, 7) is 7.09. The van der Waals surface area contributed by atoms with Crippen molar-refractivity contribution in [1.29, 1.82) is 0 Å². The molecule has 0 radical (unpaired) electrons. The average molecular weight is 238 g/mol. The first-order valence-electron chi connectivity index (χ1n) is 4.94. The Bertz CT molecular complexity index is 251. The van der Waals surface area contributed by atoms with Crippen LogP contribution in [0.3, 0.4) is 0 Å². The van der Waals surface area contributed by atoms with Crippen molar-refractivity contribution in [2.75, 3.05) is 26.2 Å². The molecule has 6 heteroatoms. The maximum absolute atomic E-state index is 11.8. The fraction of sp³-hybridized carbons (Fsp3) is 0.700. The van der Waals surface area contributed by atoms with Crippen LogP contribution < -0.4 is 5.32 Å². The third-order valence-corrected chi connectivity index (χ3v) is 1.79. The van der Waals surface area contributed by atoms with Crippen molar-refractivity contribution in [3.8, 4) is 0 Å². The highest BCUT2D eigenvalue weighted by Crippen LogP contribution is 2.12. The number of carbonyl (C=O) groups excluding carboxylic acids is 1. The van der Waals surface area contributed by atoms with Crippen LogP contribution in [-0.2, 0) is 4.79 Å². The molecule has 0 aromatic rings. The summed E-state index contributed by atoms with van der Waals surface area (Å²) in [7, 11) is 0. The van der Waals surface area contributed by atoms with Crippen LogP contribution in [0.25, 0.3) is 0 Å². The standard InChI is InChI=1S/C10H17F3N2O/c1-4-15(5-8(2)3)6-9(16)14-7-10(11,12)13/h2,4-7H2,1,3H3,(H,14,16). The Labute approximate surface area is 93.3 Å². The molecule has 94 valence electrons. The van der Waals surface area contributed by atoms with Crippen LogP contribution in [0.15, 0.2) is 12.2 Å². The van der Waals surface area contributed by atoms with Crippen molar-refractivity contribution >= 4 is 5.91 Å². The summed E-state index contributed by atoms with van der Waals surface area (Å²) in [5.41, 5.74) is 0.866. The maximum Gasteiger partial charge on any atom is 0.405 e. The number of amides is 1. The van der Waals surface area contributed by atoms with Crippen molar-refractivity contribution < 1.29 is 18.0 Å². The molecule has 16 heavy (non-hydrogen) atoms. The zero-order valence-electron chi connectivity index (χ0n) is 9.52. The Morgan fingerprint density at radius 1 is 1.38 bits per heavy atom.